The highest BCUT2D eigenvalue weighted by Crippen LogP contribution is 2.25. The first-order valence-electron chi connectivity index (χ1n) is 6.02. The summed E-state index contributed by atoms with van der Waals surface area (Å²) in [5.74, 6) is -1.10. The van der Waals surface area contributed by atoms with Crippen LogP contribution in [0.3, 0.4) is 0 Å². The van der Waals surface area contributed by atoms with Gasteiger partial charge in [-0.1, -0.05) is 23.7 Å². The SMILES string of the molecule is Cc1cc(C)c(NC(=O)c2cccc(F)c2Cl)cc1N. The van der Waals surface area contributed by atoms with Crippen LogP contribution in [0.1, 0.15) is 21.5 Å². The molecule has 0 aliphatic rings. The lowest BCUT2D eigenvalue weighted by atomic mass is 10.1. The van der Waals surface area contributed by atoms with Crippen molar-refractivity contribution in [1.29, 1.82) is 0 Å². The smallest absolute Gasteiger partial charge is 0.257 e. The summed E-state index contributed by atoms with van der Waals surface area (Å²) >= 11 is 5.79. The molecule has 5 heteroatoms. The maximum absolute atomic E-state index is 13.3. The number of carbonyl (C=O) groups excluding carboxylic acids is 1. The van der Waals surface area contributed by atoms with Crippen molar-refractivity contribution < 1.29 is 9.18 Å². The number of carbonyl (C=O) groups is 1. The average Bonchev–Trinajstić information content (AvgIpc) is 2.39. The first kappa shape index (κ1) is 14.3. The van der Waals surface area contributed by atoms with Crippen molar-refractivity contribution in [2.24, 2.45) is 0 Å². The molecule has 3 N–H and O–H groups in total. The summed E-state index contributed by atoms with van der Waals surface area (Å²) in [5, 5.41) is 2.50. The van der Waals surface area contributed by atoms with Crippen molar-refractivity contribution in [2.75, 3.05) is 11.1 Å². The number of rotatable bonds is 2. The van der Waals surface area contributed by atoms with E-state index < -0.39 is 11.7 Å². The number of nitrogens with two attached hydrogens (primary N) is 1. The second-order valence-corrected chi connectivity index (χ2v) is 4.96. The van der Waals surface area contributed by atoms with Gasteiger partial charge in [0, 0.05) is 11.4 Å². The van der Waals surface area contributed by atoms with Crippen molar-refractivity contribution in [3.63, 3.8) is 0 Å². The molecule has 3 nitrogen and oxygen atoms in total. The molecule has 0 heterocycles. The summed E-state index contributed by atoms with van der Waals surface area (Å²) in [6, 6.07) is 7.66. The molecule has 1 amide bonds. The van der Waals surface area contributed by atoms with Gasteiger partial charge in [0.2, 0.25) is 0 Å². The first-order chi connectivity index (χ1) is 9.40. The second-order valence-electron chi connectivity index (χ2n) is 4.58. The number of hydrogen-bond acceptors (Lipinski definition) is 2. The summed E-state index contributed by atoms with van der Waals surface area (Å²) in [6.07, 6.45) is 0. The zero-order valence-electron chi connectivity index (χ0n) is 11.1. The van der Waals surface area contributed by atoms with E-state index in [1.54, 1.807) is 6.07 Å². The fraction of sp³-hybridized carbons (Fsp3) is 0.133. The van der Waals surface area contributed by atoms with Gasteiger partial charge in [-0.2, -0.15) is 0 Å². The number of aryl methyl sites for hydroxylation is 2. The molecule has 0 aliphatic heterocycles. The molecule has 2 rings (SSSR count). The van der Waals surface area contributed by atoms with Crippen LogP contribution >= 0.6 is 11.6 Å². The van der Waals surface area contributed by atoms with Gasteiger partial charge in [-0.05, 0) is 43.2 Å². The molecular weight excluding hydrogens is 279 g/mol. The largest absolute Gasteiger partial charge is 0.398 e. The van der Waals surface area contributed by atoms with Crippen molar-refractivity contribution in [3.05, 3.63) is 57.9 Å². The molecule has 0 radical (unpaired) electrons. The Bertz CT molecular complexity index is 686. The Balaban J connectivity index is 2.33. The summed E-state index contributed by atoms with van der Waals surface area (Å²) in [6.45, 7) is 3.74. The van der Waals surface area contributed by atoms with Crippen LogP contribution in [0.15, 0.2) is 30.3 Å². The van der Waals surface area contributed by atoms with Gasteiger partial charge >= 0.3 is 0 Å². The molecule has 0 spiro atoms. The Morgan fingerprint density at radius 2 is 1.95 bits per heavy atom. The molecule has 0 atom stereocenters. The fourth-order valence-corrected chi connectivity index (χ4v) is 2.08. The molecule has 0 unspecified atom stereocenters. The Morgan fingerprint density at radius 1 is 1.25 bits per heavy atom. The van der Waals surface area contributed by atoms with Gasteiger partial charge in [0.1, 0.15) is 5.82 Å². The number of nitrogen functional groups attached to an aromatic ring is 1. The summed E-state index contributed by atoms with van der Waals surface area (Å²) < 4.78 is 13.3. The second kappa shape index (κ2) is 5.51. The number of halogens is 2. The monoisotopic (exact) mass is 292 g/mol. The standard InChI is InChI=1S/C15H14ClFN2O/c1-8-6-9(2)13(7-12(8)18)19-15(20)10-4-3-5-11(17)14(10)16/h3-7H,18H2,1-2H3,(H,19,20). The fourth-order valence-electron chi connectivity index (χ4n) is 1.87. The quantitative estimate of drug-likeness (QED) is 0.824. The molecule has 2 aromatic carbocycles. The zero-order valence-corrected chi connectivity index (χ0v) is 11.9. The predicted molar refractivity (Wildman–Crippen MR) is 79.7 cm³/mol. The van der Waals surface area contributed by atoms with E-state index in [1.807, 2.05) is 19.9 Å². The number of amides is 1. The molecule has 104 valence electrons. The van der Waals surface area contributed by atoms with Crippen molar-refractivity contribution >= 4 is 28.9 Å². The third-order valence-electron chi connectivity index (χ3n) is 3.06. The minimum absolute atomic E-state index is 0.0882. The molecule has 0 aliphatic carbocycles. The maximum Gasteiger partial charge on any atom is 0.257 e. The predicted octanol–water partition coefficient (Wildman–Crippen LogP) is 3.93. The Morgan fingerprint density at radius 3 is 2.65 bits per heavy atom. The van der Waals surface area contributed by atoms with Crippen LogP contribution in [-0.4, -0.2) is 5.91 Å². The van der Waals surface area contributed by atoms with Crippen LogP contribution in [0.2, 0.25) is 5.02 Å². The third kappa shape index (κ3) is 2.75. The van der Waals surface area contributed by atoms with Crippen molar-refractivity contribution in [3.8, 4) is 0 Å². The molecule has 0 bridgehead atoms. The molecule has 0 saturated carbocycles. The Labute approximate surface area is 121 Å². The molecule has 20 heavy (non-hydrogen) atoms. The van der Waals surface area contributed by atoms with Gasteiger partial charge in [-0.25, -0.2) is 4.39 Å². The van der Waals surface area contributed by atoms with E-state index in [1.165, 1.54) is 18.2 Å². The molecule has 0 aromatic heterocycles. The summed E-state index contributed by atoms with van der Waals surface area (Å²) in [7, 11) is 0. The lowest BCUT2D eigenvalue weighted by Crippen LogP contribution is -2.14. The molecule has 2 aromatic rings. The molecule has 0 fully saturated rings. The average molecular weight is 293 g/mol. The zero-order chi connectivity index (χ0) is 14.9. The number of benzene rings is 2. The van der Waals surface area contributed by atoms with Crippen LogP contribution in [-0.2, 0) is 0 Å². The lowest BCUT2D eigenvalue weighted by Gasteiger charge is -2.12. The number of hydrogen-bond donors (Lipinski definition) is 2. The topological polar surface area (TPSA) is 55.1 Å². The van der Waals surface area contributed by atoms with Crippen molar-refractivity contribution in [1.82, 2.24) is 0 Å². The van der Waals surface area contributed by atoms with E-state index in [9.17, 15) is 9.18 Å². The third-order valence-corrected chi connectivity index (χ3v) is 3.44. The van der Waals surface area contributed by atoms with Crippen LogP contribution < -0.4 is 11.1 Å². The van der Waals surface area contributed by atoms with Crippen LogP contribution in [0.4, 0.5) is 15.8 Å². The normalized spacial score (nSPS) is 10.4. The summed E-state index contributed by atoms with van der Waals surface area (Å²) in [4.78, 5) is 12.1. The first-order valence-corrected chi connectivity index (χ1v) is 6.40. The van der Waals surface area contributed by atoms with E-state index in [4.69, 9.17) is 17.3 Å². The molecular formula is C15H14ClFN2O. The van der Waals surface area contributed by atoms with Gasteiger partial charge in [0.15, 0.2) is 0 Å². The maximum atomic E-state index is 13.3. The van der Waals surface area contributed by atoms with Crippen LogP contribution in [0.25, 0.3) is 0 Å². The lowest BCUT2D eigenvalue weighted by molar-refractivity contribution is 0.102. The van der Waals surface area contributed by atoms with Gasteiger partial charge < -0.3 is 11.1 Å². The highest BCUT2D eigenvalue weighted by atomic mass is 35.5. The van der Waals surface area contributed by atoms with Crippen LogP contribution in [0, 0.1) is 19.7 Å². The van der Waals surface area contributed by atoms with E-state index in [2.05, 4.69) is 5.32 Å². The number of anilines is 2. The Hall–Kier alpha value is -2.07. The van der Waals surface area contributed by atoms with Gasteiger partial charge in [0.05, 0.1) is 10.6 Å². The summed E-state index contributed by atoms with van der Waals surface area (Å²) in [5.41, 5.74) is 8.88. The minimum Gasteiger partial charge on any atom is -0.398 e. The number of nitrogens with one attached hydrogen (secondary N) is 1. The van der Waals surface area contributed by atoms with E-state index in [-0.39, 0.29) is 10.6 Å². The van der Waals surface area contributed by atoms with E-state index in [0.29, 0.717) is 11.4 Å². The van der Waals surface area contributed by atoms with Crippen molar-refractivity contribution in [2.45, 2.75) is 13.8 Å². The van der Waals surface area contributed by atoms with E-state index >= 15 is 0 Å². The minimum atomic E-state index is -0.626. The highest BCUT2D eigenvalue weighted by Gasteiger charge is 2.14. The van der Waals surface area contributed by atoms with Crippen LogP contribution in [0.5, 0.6) is 0 Å². The highest BCUT2D eigenvalue weighted by molar-refractivity contribution is 6.34. The van der Waals surface area contributed by atoms with Gasteiger partial charge in [-0.3, -0.25) is 4.79 Å². The van der Waals surface area contributed by atoms with Gasteiger partial charge in [-0.15, -0.1) is 0 Å². The molecule has 0 saturated heterocycles. The van der Waals surface area contributed by atoms with E-state index in [0.717, 1.165) is 11.1 Å². The Kier molecular flexibility index (Phi) is 3.95. The van der Waals surface area contributed by atoms with Gasteiger partial charge in [0.25, 0.3) is 5.91 Å².